The molecule has 0 spiro atoms. The van der Waals surface area contributed by atoms with Crippen molar-refractivity contribution < 1.29 is 19.0 Å². The van der Waals surface area contributed by atoms with Gasteiger partial charge >= 0.3 is 0 Å². The number of thiazole rings is 1. The summed E-state index contributed by atoms with van der Waals surface area (Å²) in [6.07, 6.45) is 0. The molecule has 0 aliphatic carbocycles. The van der Waals surface area contributed by atoms with Crippen LogP contribution in [0.15, 0.2) is 36.4 Å². The summed E-state index contributed by atoms with van der Waals surface area (Å²) < 4.78 is 17.6. The van der Waals surface area contributed by atoms with Crippen molar-refractivity contribution in [3.63, 3.8) is 0 Å². The number of hydrogen-bond donors (Lipinski definition) is 0. The van der Waals surface area contributed by atoms with E-state index in [4.69, 9.17) is 19.2 Å². The Morgan fingerprint density at radius 3 is 2.58 bits per heavy atom. The van der Waals surface area contributed by atoms with E-state index >= 15 is 0 Å². The lowest BCUT2D eigenvalue weighted by Crippen LogP contribution is -2.38. The highest BCUT2D eigenvalue weighted by Crippen LogP contribution is 2.34. The Kier molecular flexibility index (Phi) is 6.58. The summed E-state index contributed by atoms with van der Waals surface area (Å²) in [7, 11) is 1.64. The van der Waals surface area contributed by atoms with Crippen LogP contribution in [-0.2, 0) is 0 Å². The van der Waals surface area contributed by atoms with Gasteiger partial charge in [-0.3, -0.25) is 9.69 Å². The summed E-state index contributed by atoms with van der Waals surface area (Å²) in [6.45, 7) is 8.43. The highest BCUT2D eigenvalue weighted by molar-refractivity contribution is 7.22. The predicted octanol–water partition coefficient (Wildman–Crippen LogP) is 4.06. The fourth-order valence-electron chi connectivity index (χ4n) is 3.53. The molecule has 1 aliphatic rings. The van der Waals surface area contributed by atoms with Crippen LogP contribution in [0.1, 0.15) is 24.2 Å². The molecule has 0 fully saturated rings. The molecule has 0 unspecified atom stereocenters. The van der Waals surface area contributed by atoms with Gasteiger partial charge in [-0.2, -0.15) is 0 Å². The van der Waals surface area contributed by atoms with E-state index in [0.717, 1.165) is 35.6 Å². The molecule has 1 aliphatic heterocycles. The van der Waals surface area contributed by atoms with Gasteiger partial charge in [0.25, 0.3) is 5.91 Å². The largest absolute Gasteiger partial charge is 0.497 e. The Labute approximate surface area is 186 Å². The van der Waals surface area contributed by atoms with Crippen molar-refractivity contribution in [2.24, 2.45) is 0 Å². The van der Waals surface area contributed by atoms with E-state index in [1.165, 1.54) is 11.3 Å². The van der Waals surface area contributed by atoms with Gasteiger partial charge in [-0.15, -0.1) is 0 Å². The monoisotopic (exact) mass is 441 g/mol. The predicted molar refractivity (Wildman–Crippen MR) is 123 cm³/mol. The number of benzene rings is 2. The first-order valence-electron chi connectivity index (χ1n) is 10.5. The summed E-state index contributed by atoms with van der Waals surface area (Å²) in [5.74, 6) is 1.95. The van der Waals surface area contributed by atoms with E-state index < -0.39 is 0 Å². The Bertz CT molecular complexity index is 1060. The fraction of sp³-hybridized carbons (Fsp3) is 0.391. The maximum Gasteiger partial charge on any atom is 0.260 e. The van der Waals surface area contributed by atoms with Crippen LogP contribution in [0.3, 0.4) is 0 Å². The Morgan fingerprint density at radius 2 is 1.84 bits per heavy atom. The molecule has 164 valence electrons. The van der Waals surface area contributed by atoms with Crippen molar-refractivity contribution in [3.8, 4) is 17.2 Å². The van der Waals surface area contributed by atoms with Gasteiger partial charge in [0.15, 0.2) is 16.6 Å². The van der Waals surface area contributed by atoms with E-state index in [-0.39, 0.29) is 5.91 Å². The smallest absolute Gasteiger partial charge is 0.260 e. The van der Waals surface area contributed by atoms with Crippen LogP contribution in [0.25, 0.3) is 10.2 Å². The molecule has 0 N–H and O–H groups in total. The molecule has 1 amide bonds. The molecule has 3 aromatic rings. The number of fused-ring (bicyclic) bond motifs is 2. The van der Waals surface area contributed by atoms with E-state index in [1.807, 2.05) is 18.2 Å². The number of rotatable bonds is 8. The van der Waals surface area contributed by atoms with Crippen LogP contribution < -0.4 is 19.1 Å². The number of aromatic nitrogens is 1. The third kappa shape index (κ3) is 4.60. The minimum Gasteiger partial charge on any atom is -0.497 e. The lowest BCUT2D eigenvalue weighted by molar-refractivity contribution is 0.0982. The molecule has 0 saturated heterocycles. The first-order chi connectivity index (χ1) is 15.1. The molecule has 2 aromatic carbocycles. The second kappa shape index (κ2) is 9.53. The van der Waals surface area contributed by atoms with Gasteiger partial charge in [0.1, 0.15) is 19.0 Å². The van der Waals surface area contributed by atoms with Crippen molar-refractivity contribution >= 4 is 32.6 Å². The quantitative estimate of drug-likeness (QED) is 0.525. The number of anilines is 1. The molecule has 8 heteroatoms. The number of likely N-dealkylation sites (N-methyl/N-ethyl adjacent to an activating group) is 1. The lowest BCUT2D eigenvalue weighted by atomic mass is 10.1. The first kappa shape index (κ1) is 21.4. The van der Waals surface area contributed by atoms with Gasteiger partial charge in [-0.25, -0.2) is 4.98 Å². The van der Waals surface area contributed by atoms with E-state index in [9.17, 15) is 4.79 Å². The van der Waals surface area contributed by atoms with Crippen LogP contribution in [0.2, 0.25) is 0 Å². The molecule has 4 rings (SSSR count). The summed E-state index contributed by atoms with van der Waals surface area (Å²) >= 11 is 1.49. The number of ether oxygens (including phenoxy) is 3. The number of carbonyl (C=O) groups excluding carboxylic acids is 1. The zero-order valence-corrected chi connectivity index (χ0v) is 18.9. The third-order valence-electron chi connectivity index (χ3n) is 5.38. The maximum atomic E-state index is 13.6. The fourth-order valence-corrected chi connectivity index (χ4v) is 4.55. The molecule has 0 bridgehead atoms. The Hall–Kier alpha value is -2.84. The van der Waals surface area contributed by atoms with Crippen LogP contribution in [0, 0.1) is 0 Å². The van der Waals surface area contributed by atoms with Crippen molar-refractivity contribution in [2.45, 2.75) is 13.8 Å². The molecule has 0 radical (unpaired) electrons. The number of amides is 1. The number of hydrogen-bond acceptors (Lipinski definition) is 7. The Balaban J connectivity index is 1.67. The van der Waals surface area contributed by atoms with Gasteiger partial charge < -0.3 is 19.1 Å². The minimum absolute atomic E-state index is 0.102. The summed E-state index contributed by atoms with van der Waals surface area (Å²) in [5.41, 5.74) is 1.41. The van der Waals surface area contributed by atoms with Gasteiger partial charge in [-0.1, -0.05) is 25.2 Å². The molecule has 31 heavy (non-hydrogen) atoms. The van der Waals surface area contributed by atoms with E-state index in [0.29, 0.717) is 42.0 Å². The lowest BCUT2D eigenvalue weighted by Gasteiger charge is -2.25. The van der Waals surface area contributed by atoms with Crippen molar-refractivity contribution in [1.29, 1.82) is 0 Å². The zero-order valence-electron chi connectivity index (χ0n) is 18.1. The van der Waals surface area contributed by atoms with Crippen LogP contribution >= 0.6 is 11.3 Å². The molecular formula is C23H27N3O4S. The van der Waals surface area contributed by atoms with Crippen LogP contribution in [0.5, 0.6) is 17.2 Å². The number of methoxy groups -OCH3 is 1. The maximum absolute atomic E-state index is 13.6. The summed E-state index contributed by atoms with van der Waals surface area (Å²) in [4.78, 5) is 22.4. The minimum atomic E-state index is -0.102. The molecule has 1 aromatic heterocycles. The number of nitrogens with zero attached hydrogens (tertiary/aromatic N) is 3. The second-order valence-corrected chi connectivity index (χ2v) is 8.18. The normalized spacial score (nSPS) is 12.9. The van der Waals surface area contributed by atoms with E-state index in [1.54, 1.807) is 30.2 Å². The Morgan fingerprint density at radius 1 is 1.06 bits per heavy atom. The van der Waals surface area contributed by atoms with Crippen molar-refractivity contribution in [2.75, 3.05) is 51.4 Å². The molecule has 0 saturated carbocycles. The van der Waals surface area contributed by atoms with Crippen LogP contribution in [0.4, 0.5) is 5.13 Å². The van der Waals surface area contributed by atoms with Gasteiger partial charge in [0.05, 0.1) is 17.3 Å². The first-order valence-corrected chi connectivity index (χ1v) is 11.3. The summed E-state index contributed by atoms with van der Waals surface area (Å²) in [5, 5.41) is 0.676. The zero-order chi connectivity index (χ0) is 21.8. The van der Waals surface area contributed by atoms with Crippen molar-refractivity contribution in [1.82, 2.24) is 9.88 Å². The van der Waals surface area contributed by atoms with Crippen molar-refractivity contribution in [3.05, 3.63) is 42.0 Å². The SMILES string of the molecule is CCN(CC)CCN(C(=O)c1ccc2c(c1)OCCO2)c1nc2ccc(OC)cc2s1. The molecular weight excluding hydrogens is 414 g/mol. The third-order valence-corrected chi connectivity index (χ3v) is 6.42. The highest BCUT2D eigenvalue weighted by atomic mass is 32.1. The van der Waals surface area contributed by atoms with Gasteiger partial charge in [-0.05, 0) is 49.5 Å². The van der Waals surface area contributed by atoms with E-state index in [2.05, 4.69) is 18.7 Å². The molecule has 7 nitrogen and oxygen atoms in total. The number of carbonyl (C=O) groups is 1. The average Bonchev–Trinajstić information content (AvgIpc) is 3.24. The van der Waals surface area contributed by atoms with Crippen LogP contribution in [-0.4, -0.2) is 62.3 Å². The summed E-state index contributed by atoms with van der Waals surface area (Å²) in [6, 6.07) is 11.1. The topological polar surface area (TPSA) is 64.1 Å². The van der Waals surface area contributed by atoms with Gasteiger partial charge in [0, 0.05) is 18.7 Å². The van der Waals surface area contributed by atoms with Gasteiger partial charge in [0.2, 0.25) is 0 Å². The standard InChI is InChI=1S/C23H27N3O4S/c1-4-25(5-2)10-11-26(23-24-18-8-7-17(28-3)15-21(18)31-23)22(27)16-6-9-19-20(14-16)30-13-12-29-19/h6-9,14-15H,4-5,10-13H2,1-3H3. The molecule has 2 heterocycles. The molecule has 0 atom stereocenters. The highest BCUT2D eigenvalue weighted by Gasteiger charge is 2.24. The second-order valence-electron chi connectivity index (χ2n) is 7.17. The average molecular weight is 442 g/mol.